The molecule has 1 saturated carbocycles. The first-order valence-corrected chi connectivity index (χ1v) is 7.82. The molecule has 1 aromatic carbocycles. The highest BCUT2D eigenvalue weighted by Gasteiger charge is 2.21. The summed E-state index contributed by atoms with van der Waals surface area (Å²) in [4.78, 5) is 9.24. The van der Waals surface area contributed by atoms with Gasteiger partial charge < -0.3 is 10.2 Å². The first-order valence-electron chi connectivity index (χ1n) is 7.82. The zero-order valence-electron chi connectivity index (χ0n) is 12.2. The number of fused-ring (bicyclic) bond motifs is 1. The summed E-state index contributed by atoms with van der Waals surface area (Å²) in [6.07, 6.45) is 6.25. The molecular weight excluding hydrogens is 264 g/mol. The normalized spacial score (nSPS) is 18.0. The van der Waals surface area contributed by atoms with E-state index in [0.29, 0.717) is 11.6 Å². The third-order valence-corrected chi connectivity index (χ3v) is 4.37. The fourth-order valence-electron chi connectivity index (χ4n) is 3.22. The van der Waals surface area contributed by atoms with Crippen molar-refractivity contribution in [2.45, 2.75) is 44.6 Å². The molecule has 1 aliphatic carbocycles. The second-order valence-electron chi connectivity index (χ2n) is 5.95. The van der Waals surface area contributed by atoms with Gasteiger partial charge in [-0.3, -0.25) is 0 Å². The summed E-state index contributed by atoms with van der Waals surface area (Å²) in [5.74, 6) is 0.624. The quantitative estimate of drug-likeness (QED) is 0.907. The topological polar surface area (TPSA) is 66.2 Å². The molecule has 0 amide bonds. The average Bonchev–Trinajstić information content (AvgIpc) is 2.54. The number of para-hydroxylation sites is 2. The standard InChI is InChI=1S/C17H22N2O2/c20-11-16(21)17-15(10-12-6-2-1-3-7-12)18-13-8-4-5-9-14(13)19-17/h4-5,8-9,12,16,20-21H,1-3,6-7,10-11H2. The molecule has 1 aromatic heterocycles. The van der Waals surface area contributed by atoms with Crippen LogP contribution in [0.5, 0.6) is 0 Å². The molecule has 0 spiro atoms. The summed E-state index contributed by atoms with van der Waals surface area (Å²) in [5, 5.41) is 19.3. The number of hydrogen-bond donors (Lipinski definition) is 2. The second kappa shape index (κ2) is 6.50. The van der Waals surface area contributed by atoms with Crippen LogP contribution < -0.4 is 0 Å². The van der Waals surface area contributed by atoms with Gasteiger partial charge in [0, 0.05) is 0 Å². The average molecular weight is 286 g/mol. The molecule has 3 rings (SSSR count). The lowest BCUT2D eigenvalue weighted by molar-refractivity contribution is 0.0910. The minimum atomic E-state index is -0.944. The van der Waals surface area contributed by atoms with Crippen LogP contribution in [0.1, 0.15) is 49.6 Å². The first kappa shape index (κ1) is 14.4. The van der Waals surface area contributed by atoms with Crippen molar-refractivity contribution in [1.82, 2.24) is 9.97 Å². The molecule has 2 aromatic rings. The Labute approximate surface area is 124 Å². The van der Waals surface area contributed by atoms with Crippen molar-refractivity contribution in [1.29, 1.82) is 0 Å². The molecule has 0 bridgehead atoms. The van der Waals surface area contributed by atoms with Gasteiger partial charge in [-0.1, -0.05) is 44.2 Å². The van der Waals surface area contributed by atoms with Gasteiger partial charge in [-0.2, -0.15) is 0 Å². The predicted octanol–water partition coefficient (Wildman–Crippen LogP) is 2.78. The molecule has 4 heteroatoms. The largest absolute Gasteiger partial charge is 0.393 e. The monoisotopic (exact) mass is 286 g/mol. The van der Waals surface area contributed by atoms with E-state index in [-0.39, 0.29) is 6.61 Å². The number of aliphatic hydroxyl groups excluding tert-OH is 2. The highest BCUT2D eigenvalue weighted by molar-refractivity contribution is 5.74. The summed E-state index contributed by atoms with van der Waals surface area (Å²) in [6.45, 7) is -0.315. The lowest BCUT2D eigenvalue weighted by Crippen LogP contribution is -2.16. The Morgan fingerprint density at radius 1 is 1.05 bits per heavy atom. The third kappa shape index (κ3) is 3.22. The minimum absolute atomic E-state index is 0.315. The molecule has 1 fully saturated rings. The van der Waals surface area contributed by atoms with E-state index in [4.69, 9.17) is 4.98 Å². The maximum atomic E-state index is 10.0. The first-order chi connectivity index (χ1) is 10.3. The van der Waals surface area contributed by atoms with Gasteiger partial charge in [0.1, 0.15) is 6.10 Å². The number of aromatic nitrogens is 2. The van der Waals surface area contributed by atoms with E-state index in [1.165, 1.54) is 32.1 Å². The Kier molecular flexibility index (Phi) is 4.46. The SMILES string of the molecule is OCC(O)c1nc2ccccc2nc1CC1CCCCC1. The maximum Gasteiger partial charge on any atom is 0.121 e. The Morgan fingerprint density at radius 2 is 1.71 bits per heavy atom. The van der Waals surface area contributed by atoms with Crippen molar-refractivity contribution in [2.24, 2.45) is 5.92 Å². The van der Waals surface area contributed by atoms with Gasteiger partial charge >= 0.3 is 0 Å². The zero-order chi connectivity index (χ0) is 14.7. The van der Waals surface area contributed by atoms with Gasteiger partial charge in [-0.15, -0.1) is 0 Å². The smallest absolute Gasteiger partial charge is 0.121 e. The molecule has 0 aliphatic heterocycles. The maximum absolute atomic E-state index is 10.0. The van der Waals surface area contributed by atoms with Gasteiger partial charge in [-0.25, -0.2) is 9.97 Å². The fraction of sp³-hybridized carbons (Fsp3) is 0.529. The van der Waals surface area contributed by atoms with Crippen LogP contribution in [0, 0.1) is 5.92 Å². The molecule has 0 saturated heterocycles. The summed E-state index contributed by atoms with van der Waals surface area (Å²) >= 11 is 0. The molecule has 1 atom stereocenters. The van der Waals surface area contributed by atoms with Crippen LogP contribution in [0.15, 0.2) is 24.3 Å². The van der Waals surface area contributed by atoms with Crippen LogP contribution in [-0.2, 0) is 6.42 Å². The lowest BCUT2D eigenvalue weighted by Gasteiger charge is -2.22. The molecule has 2 N–H and O–H groups in total. The minimum Gasteiger partial charge on any atom is -0.393 e. The van der Waals surface area contributed by atoms with Gasteiger partial charge in [0.05, 0.1) is 29.0 Å². The van der Waals surface area contributed by atoms with E-state index < -0.39 is 6.10 Å². The molecule has 21 heavy (non-hydrogen) atoms. The van der Waals surface area contributed by atoms with E-state index in [0.717, 1.165) is 23.1 Å². The van der Waals surface area contributed by atoms with E-state index in [2.05, 4.69) is 4.98 Å². The third-order valence-electron chi connectivity index (χ3n) is 4.37. The van der Waals surface area contributed by atoms with Crippen LogP contribution in [0.2, 0.25) is 0 Å². The Hall–Kier alpha value is -1.52. The number of aliphatic hydroxyl groups is 2. The highest BCUT2D eigenvalue weighted by Crippen LogP contribution is 2.29. The number of rotatable bonds is 4. The van der Waals surface area contributed by atoms with Gasteiger partial charge in [0.15, 0.2) is 0 Å². The van der Waals surface area contributed by atoms with E-state index >= 15 is 0 Å². The van der Waals surface area contributed by atoms with Crippen LogP contribution in [0.3, 0.4) is 0 Å². The van der Waals surface area contributed by atoms with Crippen molar-refractivity contribution in [3.8, 4) is 0 Å². The molecule has 0 radical (unpaired) electrons. The highest BCUT2D eigenvalue weighted by atomic mass is 16.3. The molecule has 4 nitrogen and oxygen atoms in total. The summed E-state index contributed by atoms with van der Waals surface area (Å²) in [6, 6.07) is 7.69. The van der Waals surface area contributed by atoms with Crippen molar-refractivity contribution in [3.63, 3.8) is 0 Å². The van der Waals surface area contributed by atoms with Crippen molar-refractivity contribution < 1.29 is 10.2 Å². The Bertz CT molecular complexity index is 609. The number of benzene rings is 1. The van der Waals surface area contributed by atoms with Crippen LogP contribution in [0.25, 0.3) is 11.0 Å². The molecule has 112 valence electrons. The molecule has 1 unspecified atom stereocenters. The summed E-state index contributed by atoms with van der Waals surface area (Å²) < 4.78 is 0. The Balaban J connectivity index is 1.96. The van der Waals surface area contributed by atoms with Crippen LogP contribution in [-0.4, -0.2) is 26.8 Å². The van der Waals surface area contributed by atoms with Crippen LogP contribution in [0.4, 0.5) is 0 Å². The van der Waals surface area contributed by atoms with Crippen molar-refractivity contribution in [2.75, 3.05) is 6.61 Å². The Morgan fingerprint density at radius 3 is 2.38 bits per heavy atom. The lowest BCUT2D eigenvalue weighted by atomic mass is 9.85. The van der Waals surface area contributed by atoms with Gasteiger partial charge in [0.25, 0.3) is 0 Å². The summed E-state index contributed by atoms with van der Waals surface area (Å²) in [7, 11) is 0. The van der Waals surface area contributed by atoms with Gasteiger partial charge in [0.2, 0.25) is 0 Å². The molecule has 1 aliphatic rings. The number of nitrogens with zero attached hydrogens (tertiary/aromatic N) is 2. The van der Waals surface area contributed by atoms with Crippen molar-refractivity contribution in [3.05, 3.63) is 35.7 Å². The zero-order valence-corrected chi connectivity index (χ0v) is 12.2. The fourth-order valence-corrected chi connectivity index (χ4v) is 3.22. The predicted molar refractivity (Wildman–Crippen MR) is 81.9 cm³/mol. The molecular formula is C17H22N2O2. The second-order valence-corrected chi connectivity index (χ2v) is 5.95. The van der Waals surface area contributed by atoms with Crippen molar-refractivity contribution >= 4 is 11.0 Å². The van der Waals surface area contributed by atoms with Crippen LogP contribution >= 0.6 is 0 Å². The van der Waals surface area contributed by atoms with E-state index in [9.17, 15) is 10.2 Å². The molecule has 1 heterocycles. The number of hydrogen-bond acceptors (Lipinski definition) is 4. The van der Waals surface area contributed by atoms with Gasteiger partial charge in [-0.05, 0) is 24.5 Å². The summed E-state index contributed by atoms with van der Waals surface area (Å²) in [5.41, 5.74) is 3.02. The van der Waals surface area contributed by atoms with E-state index in [1.54, 1.807) is 0 Å². The van der Waals surface area contributed by atoms with E-state index in [1.807, 2.05) is 24.3 Å².